The number of hydrogen-bond acceptors (Lipinski definition) is 6. The minimum atomic E-state index is -4.52. The van der Waals surface area contributed by atoms with E-state index in [-0.39, 0.29) is 36.9 Å². The zero-order chi connectivity index (χ0) is 22.5. The van der Waals surface area contributed by atoms with Gasteiger partial charge >= 0.3 is 12.2 Å². The maximum absolute atomic E-state index is 13.3. The van der Waals surface area contributed by atoms with Crippen molar-refractivity contribution in [3.63, 3.8) is 0 Å². The first-order valence-electron chi connectivity index (χ1n) is 9.64. The predicted octanol–water partition coefficient (Wildman–Crippen LogP) is 3.49. The molecule has 2 aromatic carbocycles. The molecular weight excluding hydrogens is 429 g/mol. The minimum Gasteiger partial charge on any atom is -0.493 e. The topological polar surface area (TPSA) is 97.6 Å². The highest BCUT2D eigenvalue weighted by atomic mass is 19.4. The number of amides is 3. The first-order valence-corrected chi connectivity index (χ1v) is 9.64. The molecule has 2 aliphatic heterocycles. The number of benzene rings is 2. The third-order valence-electron chi connectivity index (χ3n) is 5.47. The molecule has 5 rings (SSSR count). The van der Waals surface area contributed by atoms with Gasteiger partial charge in [-0.15, -0.1) is 0 Å². The SMILES string of the molecule is O=C1NC2(CCOc3ccccc32)C(=O)N1Cc1nc(-c2cccc(C(F)(F)F)c2)no1. The summed E-state index contributed by atoms with van der Waals surface area (Å²) in [5.41, 5.74) is -1.45. The zero-order valence-electron chi connectivity index (χ0n) is 16.3. The molecule has 1 N–H and O–H groups in total. The third kappa shape index (κ3) is 3.17. The number of halogens is 3. The van der Waals surface area contributed by atoms with Crippen molar-refractivity contribution >= 4 is 11.9 Å². The van der Waals surface area contributed by atoms with E-state index in [9.17, 15) is 22.8 Å². The number of hydrogen-bond donors (Lipinski definition) is 1. The lowest BCUT2D eigenvalue weighted by molar-refractivity contribution is -0.137. The smallest absolute Gasteiger partial charge is 0.416 e. The maximum Gasteiger partial charge on any atom is 0.416 e. The van der Waals surface area contributed by atoms with Gasteiger partial charge in [0.05, 0.1) is 12.2 Å². The number of nitrogens with zero attached hydrogens (tertiary/aromatic N) is 3. The molecule has 1 spiro atoms. The fourth-order valence-corrected chi connectivity index (χ4v) is 3.92. The van der Waals surface area contributed by atoms with E-state index in [0.717, 1.165) is 17.0 Å². The molecule has 3 aromatic rings. The molecule has 1 atom stereocenters. The van der Waals surface area contributed by atoms with Crippen molar-refractivity contribution in [2.45, 2.75) is 24.7 Å². The summed E-state index contributed by atoms with van der Waals surface area (Å²) in [5, 5.41) is 6.45. The second kappa shape index (κ2) is 7.08. The van der Waals surface area contributed by atoms with Crippen LogP contribution in [0.1, 0.15) is 23.4 Å². The lowest BCUT2D eigenvalue weighted by atomic mass is 9.84. The Hall–Kier alpha value is -3.89. The highest BCUT2D eigenvalue weighted by Gasteiger charge is 2.55. The maximum atomic E-state index is 13.3. The van der Waals surface area contributed by atoms with Crippen LogP contribution in [0.2, 0.25) is 0 Å². The highest BCUT2D eigenvalue weighted by Crippen LogP contribution is 2.41. The van der Waals surface area contributed by atoms with E-state index in [1.807, 2.05) is 0 Å². The Morgan fingerprint density at radius 3 is 2.75 bits per heavy atom. The predicted molar refractivity (Wildman–Crippen MR) is 102 cm³/mol. The summed E-state index contributed by atoms with van der Waals surface area (Å²) in [4.78, 5) is 30.9. The molecule has 1 saturated heterocycles. The summed E-state index contributed by atoms with van der Waals surface area (Å²) in [7, 11) is 0. The van der Waals surface area contributed by atoms with Crippen LogP contribution >= 0.6 is 0 Å². The van der Waals surface area contributed by atoms with E-state index in [4.69, 9.17) is 9.26 Å². The monoisotopic (exact) mass is 444 g/mol. The number of carbonyl (C=O) groups is 2. The van der Waals surface area contributed by atoms with E-state index in [1.165, 1.54) is 12.1 Å². The minimum absolute atomic E-state index is 0.0794. The Balaban J connectivity index is 1.40. The molecule has 164 valence electrons. The standard InChI is InChI=1S/C21H15F3N4O4/c22-21(23,24)13-5-3-4-12(10-13)17-25-16(32-27-17)11-28-18(29)20(26-19(28)30)8-9-31-15-7-2-1-6-14(15)20/h1-7,10H,8-9,11H2,(H,26,30). The average molecular weight is 444 g/mol. The van der Waals surface area contributed by atoms with E-state index >= 15 is 0 Å². The summed E-state index contributed by atoms with van der Waals surface area (Å²) >= 11 is 0. The van der Waals surface area contributed by atoms with Crippen LogP contribution in [0.4, 0.5) is 18.0 Å². The highest BCUT2D eigenvalue weighted by molar-refractivity contribution is 6.07. The normalized spacial score (nSPS) is 20.3. The molecule has 1 aromatic heterocycles. The fourth-order valence-electron chi connectivity index (χ4n) is 3.92. The number of aromatic nitrogens is 2. The van der Waals surface area contributed by atoms with Crippen LogP contribution in [0.15, 0.2) is 53.1 Å². The molecule has 2 aliphatic rings. The summed E-state index contributed by atoms with van der Waals surface area (Å²) in [6, 6.07) is 10.8. The van der Waals surface area contributed by atoms with Gasteiger partial charge in [-0.05, 0) is 18.2 Å². The van der Waals surface area contributed by atoms with Gasteiger partial charge < -0.3 is 14.6 Å². The summed E-state index contributed by atoms with van der Waals surface area (Å²) in [5.74, 6) is -0.140. The van der Waals surface area contributed by atoms with Crippen molar-refractivity contribution in [3.05, 3.63) is 65.5 Å². The van der Waals surface area contributed by atoms with Crippen LogP contribution in [-0.2, 0) is 23.1 Å². The molecule has 11 heteroatoms. The lowest BCUT2D eigenvalue weighted by Gasteiger charge is -2.33. The number of fused-ring (bicyclic) bond motifs is 2. The second-order valence-electron chi connectivity index (χ2n) is 7.41. The quantitative estimate of drug-likeness (QED) is 0.622. The third-order valence-corrected chi connectivity index (χ3v) is 5.47. The number of ether oxygens (including phenoxy) is 1. The zero-order valence-corrected chi connectivity index (χ0v) is 16.3. The summed E-state index contributed by atoms with van der Waals surface area (Å²) < 4.78 is 49.6. The van der Waals surface area contributed by atoms with Crippen molar-refractivity contribution in [1.29, 1.82) is 0 Å². The number of alkyl halides is 3. The van der Waals surface area contributed by atoms with Crippen LogP contribution in [0.25, 0.3) is 11.4 Å². The summed E-state index contributed by atoms with van der Waals surface area (Å²) in [6.45, 7) is -0.0709. The van der Waals surface area contributed by atoms with Gasteiger partial charge in [0.1, 0.15) is 12.3 Å². The Morgan fingerprint density at radius 1 is 1.12 bits per heavy atom. The van der Waals surface area contributed by atoms with E-state index in [1.54, 1.807) is 24.3 Å². The largest absolute Gasteiger partial charge is 0.493 e. The van der Waals surface area contributed by atoms with Crippen LogP contribution in [0.5, 0.6) is 5.75 Å². The first-order chi connectivity index (χ1) is 15.3. The molecule has 8 nitrogen and oxygen atoms in total. The molecule has 1 unspecified atom stereocenters. The Labute approximate surface area is 179 Å². The van der Waals surface area contributed by atoms with E-state index < -0.39 is 29.2 Å². The first kappa shape index (κ1) is 20.0. The van der Waals surface area contributed by atoms with Gasteiger partial charge in [0.15, 0.2) is 5.54 Å². The van der Waals surface area contributed by atoms with Crippen LogP contribution in [0.3, 0.4) is 0 Å². The number of urea groups is 1. The molecule has 0 bridgehead atoms. The molecule has 0 radical (unpaired) electrons. The molecule has 3 heterocycles. The lowest BCUT2D eigenvalue weighted by Crippen LogP contribution is -2.47. The molecule has 0 saturated carbocycles. The van der Waals surface area contributed by atoms with E-state index in [0.29, 0.717) is 11.3 Å². The number of para-hydroxylation sites is 1. The number of carbonyl (C=O) groups excluding carboxylic acids is 2. The van der Waals surface area contributed by atoms with Gasteiger partial charge in [0, 0.05) is 17.5 Å². The molecule has 0 aliphatic carbocycles. The van der Waals surface area contributed by atoms with Gasteiger partial charge in [0.2, 0.25) is 11.7 Å². The van der Waals surface area contributed by atoms with Crippen LogP contribution in [-0.4, -0.2) is 33.6 Å². The van der Waals surface area contributed by atoms with Gasteiger partial charge in [0.25, 0.3) is 5.91 Å². The molecule has 32 heavy (non-hydrogen) atoms. The van der Waals surface area contributed by atoms with Gasteiger partial charge in [-0.25, -0.2) is 4.79 Å². The van der Waals surface area contributed by atoms with E-state index in [2.05, 4.69) is 15.5 Å². The average Bonchev–Trinajstić information content (AvgIpc) is 3.33. The van der Waals surface area contributed by atoms with Gasteiger partial charge in [-0.2, -0.15) is 18.2 Å². The van der Waals surface area contributed by atoms with Crippen molar-refractivity contribution in [3.8, 4) is 17.1 Å². The number of imide groups is 1. The fraction of sp³-hybridized carbons (Fsp3) is 0.238. The van der Waals surface area contributed by atoms with Gasteiger partial charge in [-0.1, -0.05) is 35.5 Å². The van der Waals surface area contributed by atoms with Crippen molar-refractivity contribution in [2.75, 3.05) is 6.61 Å². The van der Waals surface area contributed by atoms with Gasteiger partial charge in [-0.3, -0.25) is 9.69 Å². The number of rotatable bonds is 3. The van der Waals surface area contributed by atoms with Crippen molar-refractivity contribution < 1.29 is 32.0 Å². The molecule has 1 fully saturated rings. The van der Waals surface area contributed by atoms with Crippen LogP contribution < -0.4 is 10.1 Å². The van der Waals surface area contributed by atoms with Crippen molar-refractivity contribution in [2.24, 2.45) is 0 Å². The van der Waals surface area contributed by atoms with Crippen molar-refractivity contribution in [1.82, 2.24) is 20.4 Å². The molecular formula is C21H15F3N4O4. The Morgan fingerprint density at radius 2 is 1.94 bits per heavy atom. The Kier molecular flexibility index (Phi) is 4.43. The Bertz CT molecular complexity index is 1230. The second-order valence-corrected chi connectivity index (χ2v) is 7.41. The molecule has 3 amide bonds. The van der Waals surface area contributed by atoms with Crippen LogP contribution in [0, 0.1) is 0 Å². The number of nitrogens with one attached hydrogen (secondary N) is 1. The summed E-state index contributed by atoms with van der Waals surface area (Å²) in [6.07, 6.45) is -4.26.